The van der Waals surface area contributed by atoms with Gasteiger partial charge < -0.3 is 14.5 Å². The SMILES string of the molecule is C=C(CCN(CC)CC)OC(=C)CCN(CC)CC. The van der Waals surface area contributed by atoms with Crippen molar-refractivity contribution in [2.24, 2.45) is 0 Å². The summed E-state index contributed by atoms with van der Waals surface area (Å²) in [5.41, 5.74) is 0. The van der Waals surface area contributed by atoms with Crippen LogP contribution in [0.5, 0.6) is 0 Å². The van der Waals surface area contributed by atoms with Gasteiger partial charge in [0.1, 0.15) is 0 Å². The third kappa shape index (κ3) is 8.84. The zero-order valence-corrected chi connectivity index (χ0v) is 13.4. The van der Waals surface area contributed by atoms with E-state index in [4.69, 9.17) is 4.74 Å². The average Bonchev–Trinajstić information content (AvgIpc) is 2.41. The standard InChI is InChI=1S/C16H32N2O/c1-7-17(8-2)13-11-15(5)19-16(6)12-14-18(9-3)10-4/h5-14H2,1-4H3. The molecule has 0 N–H and O–H groups in total. The molecule has 0 rings (SSSR count). The molecule has 0 radical (unpaired) electrons. The Hall–Kier alpha value is -0.800. The van der Waals surface area contributed by atoms with Crippen molar-refractivity contribution in [1.82, 2.24) is 9.80 Å². The summed E-state index contributed by atoms with van der Waals surface area (Å²) in [4.78, 5) is 4.74. The van der Waals surface area contributed by atoms with Gasteiger partial charge >= 0.3 is 0 Å². The summed E-state index contributed by atoms with van der Waals surface area (Å²) in [6, 6.07) is 0. The van der Waals surface area contributed by atoms with Gasteiger partial charge in [0.15, 0.2) is 0 Å². The number of hydrogen-bond acceptors (Lipinski definition) is 3. The van der Waals surface area contributed by atoms with Crippen molar-refractivity contribution < 1.29 is 4.74 Å². The molecular formula is C16H32N2O. The molecule has 0 saturated heterocycles. The van der Waals surface area contributed by atoms with Gasteiger partial charge in [-0.1, -0.05) is 40.9 Å². The lowest BCUT2D eigenvalue weighted by molar-refractivity contribution is 0.230. The van der Waals surface area contributed by atoms with Gasteiger partial charge in [0.05, 0.1) is 11.5 Å². The Morgan fingerprint density at radius 1 is 0.737 bits per heavy atom. The lowest BCUT2D eigenvalue weighted by atomic mass is 10.3. The first-order valence-electron chi connectivity index (χ1n) is 7.55. The minimum absolute atomic E-state index is 0.830. The zero-order valence-electron chi connectivity index (χ0n) is 13.4. The Bertz CT molecular complexity index is 229. The molecular weight excluding hydrogens is 236 g/mol. The molecule has 0 aliphatic rings. The molecule has 3 nitrogen and oxygen atoms in total. The van der Waals surface area contributed by atoms with Gasteiger partial charge in [0.2, 0.25) is 0 Å². The van der Waals surface area contributed by atoms with Crippen LogP contribution in [0.4, 0.5) is 0 Å². The van der Waals surface area contributed by atoms with Crippen LogP contribution in [0.3, 0.4) is 0 Å². The van der Waals surface area contributed by atoms with Crippen LogP contribution < -0.4 is 0 Å². The Balaban J connectivity index is 3.83. The average molecular weight is 268 g/mol. The summed E-state index contributed by atoms with van der Waals surface area (Å²) in [6.45, 7) is 23.0. The van der Waals surface area contributed by atoms with Crippen LogP contribution in [0.2, 0.25) is 0 Å². The fraction of sp³-hybridized carbons (Fsp3) is 0.750. The van der Waals surface area contributed by atoms with Crippen molar-refractivity contribution in [1.29, 1.82) is 0 Å². The summed E-state index contributed by atoms with van der Waals surface area (Å²) in [7, 11) is 0. The van der Waals surface area contributed by atoms with Crippen LogP contribution >= 0.6 is 0 Å². The molecule has 0 unspecified atom stereocenters. The minimum Gasteiger partial charge on any atom is -0.467 e. The van der Waals surface area contributed by atoms with Gasteiger partial charge in [0, 0.05) is 25.9 Å². The van der Waals surface area contributed by atoms with Crippen molar-refractivity contribution in [2.75, 3.05) is 39.3 Å². The summed E-state index contributed by atoms with van der Waals surface area (Å²) in [5, 5.41) is 0. The Morgan fingerprint density at radius 2 is 1.05 bits per heavy atom. The summed E-state index contributed by atoms with van der Waals surface area (Å²) >= 11 is 0. The van der Waals surface area contributed by atoms with E-state index in [2.05, 4.69) is 50.7 Å². The molecule has 19 heavy (non-hydrogen) atoms. The molecule has 0 bridgehead atoms. The number of ether oxygens (including phenoxy) is 1. The highest BCUT2D eigenvalue weighted by Crippen LogP contribution is 2.11. The molecule has 0 aliphatic heterocycles. The first kappa shape index (κ1) is 18.2. The van der Waals surface area contributed by atoms with Crippen molar-refractivity contribution in [3.05, 3.63) is 24.7 Å². The van der Waals surface area contributed by atoms with Crippen LogP contribution in [0.1, 0.15) is 40.5 Å². The summed E-state index contributed by atoms with van der Waals surface area (Å²) in [5.74, 6) is 1.66. The second-order valence-corrected chi connectivity index (χ2v) is 4.73. The lowest BCUT2D eigenvalue weighted by Gasteiger charge is -2.20. The second kappa shape index (κ2) is 11.1. The van der Waals surface area contributed by atoms with Crippen molar-refractivity contribution in [2.45, 2.75) is 40.5 Å². The van der Waals surface area contributed by atoms with Gasteiger partial charge in [-0.2, -0.15) is 0 Å². The van der Waals surface area contributed by atoms with E-state index in [9.17, 15) is 0 Å². The molecule has 0 aromatic carbocycles. The Labute approximate surface area is 119 Å². The molecule has 3 heteroatoms. The van der Waals surface area contributed by atoms with Gasteiger partial charge in [-0.15, -0.1) is 0 Å². The molecule has 0 saturated carbocycles. The fourth-order valence-electron chi connectivity index (χ4n) is 1.95. The molecule has 0 amide bonds. The maximum absolute atomic E-state index is 5.69. The van der Waals surface area contributed by atoms with Crippen molar-refractivity contribution in [3.8, 4) is 0 Å². The van der Waals surface area contributed by atoms with E-state index in [0.29, 0.717) is 0 Å². The summed E-state index contributed by atoms with van der Waals surface area (Å²) < 4.78 is 5.69. The van der Waals surface area contributed by atoms with E-state index in [1.807, 2.05) is 0 Å². The van der Waals surface area contributed by atoms with E-state index in [1.165, 1.54) is 0 Å². The molecule has 0 aliphatic carbocycles. The van der Waals surface area contributed by atoms with E-state index in [0.717, 1.165) is 63.6 Å². The van der Waals surface area contributed by atoms with E-state index in [-0.39, 0.29) is 0 Å². The molecule has 0 aromatic rings. The first-order valence-corrected chi connectivity index (χ1v) is 7.55. The molecule has 0 heterocycles. The van der Waals surface area contributed by atoms with Crippen LogP contribution in [0.15, 0.2) is 24.7 Å². The predicted molar refractivity (Wildman–Crippen MR) is 84.2 cm³/mol. The van der Waals surface area contributed by atoms with Gasteiger partial charge in [-0.05, 0) is 26.2 Å². The fourth-order valence-corrected chi connectivity index (χ4v) is 1.95. The third-order valence-corrected chi connectivity index (χ3v) is 3.49. The smallest absolute Gasteiger partial charge is 0.0977 e. The lowest BCUT2D eigenvalue weighted by Crippen LogP contribution is -2.25. The number of nitrogens with zero attached hydrogens (tertiary/aromatic N) is 2. The highest BCUT2D eigenvalue weighted by Gasteiger charge is 2.05. The molecule has 0 aromatic heterocycles. The zero-order chi connectivity index (χ0) is 14.7. The van der Waals surface area contributed by atoms with Crippen molar-refractivity contribution >= 4 is 0 Å². The number of rotatable bonds is 12. The first-order chi connectivity index (χ1) is 9.07. The van der Waals surface area contributed by atoms with Crippen molar-refractivity contribution in [3.63, 3.8) is 0 Å². The van der Waals surface area contributed by atoms with E-state index in [1.54, 1.807) is 0 Å². The number of hydrogen-bond donors (Lipinski definition) is 0. The van der Waals surface area contributed by atoms with Crippen LogP contribution in [0.25, 0.3) is 0 Å². The summed E-state index contributed by atoms with van der Waals surface area (Å²) in [6.07, 6.45) is 1.76. The van der Waals surface area contributed by atoms with Crippen LogP contribution in [-0.2, 0) is 4.74 Å². The Morgan fingerprint density at radius 3 is 1.32 bits per heavy atom. The minimum atomic E-state index is 0.830. The molecule has 0 atom stereocenters. The van der Waals surface area contributed by atoms with E-state index < -0.39 is 0 Å². The maximum atomic E-state index is 5.69. The van der Waals surface area contributed by atoms with Gasteiger partial charge in [0.25, 0.3) is 0 Å². The monoisotopic (exact) mass is 268 g/mol. The van der Waals surface area contributed by atoms with Crippen LogP contribution in [0, 0.1) is 0 Å². The molecule has 0 spiro atoms. The van der Waals surface area contributed by atoms with Crippen LogP contribution in [-0.4, -0.2) is 49.1 Å². The van der Waals surface area contributed by atoms with Gasteiger partial charge in [-0.3, -0.25) is 0 Å². The highest BCUT2D eigenvalue weighted by atomic mass is 16.5. The largest absolute Gasteiger partial charge is 0.467 e. The highest BCUT2D eigenvalue weighted by molar-refractivity contribution is 4.94. The maximum Gasteiger partial charge on any atom is 0.0977 e. The van der Waals surface area contributed by atoms with E-state index >= 15 is 0 Å². The topological polar surface area (TPSA) is 15.7 Å². The van der Waals surface area contributed by atoms with Gasteiger partial charge in [-0.25, -0.2) is 0 Å². The third-order valence-electron chi connectivity index (χ3n) is 3.49. The second-order valence-electron chi connectivity index (χ2n) is 4.73. The predicted octanol–water partition coefficient (Wildman–Crippen LogP) is 3.49. The molecule has 0 fully saturated rings. The normalized spacial score (nSPS) is 11.1. The quantitative estimate of drug-likeness (QED) is 0.504. The Kier molecular flexibility index (Phi) is 10.6. The molecule has 112 valence electrons.